The van der Waals surface area contributed by atoms with E-state index in [1.807, 2.05) is 37.8 Å². The Morgan fingerprint density at radius 2 is 1.12 bits per heavy atom. The van der Waals surface area contributed by atoms with Gasteiger partial charge in [0.05, 0.1) is 30.3 Å². The Labute approximate surface area is 247 Å². The van der Waals surface area contributed by atoms with Crippen molar-refractivity contribution < 1.29 is 39.3 Å². The Balaban J connectivity index is 2.25. The summed E-state index contributed by atoms with van der Waals surface area (Å²) >= 11 is 0. The molecule has 0 radical (unpaired) electrons. The van der Waals surface area contributed by atoms with E-state index in [0.717, 1.165) is 0 Å². The van der Waals surface area contributed by atoms with Crippen molar-refractivity contribution in [3.05, 3.63) is 0 Å². The zero-order valence-electron chi connectivity index (χ0n) is 27.7. The number of ether oxygens (including phenoxy) is 1. The molecule has 0 aliphatic carbocycles. The van der Waals surface area contributed by atoms with Gasteiger partial charge in [-0.1, -0.05) is 0 Å². The van der Waals surface area contributed by atoms with Gasteiger partial charge in [-0.15, -0.1) is 0 Å². The van der Waals surface area contributed by atoms with Crippen molar-refractivity contribution >= 4 is 11.9 Å². The van der Waals surface area contributed by atoms with Crippen LogP contribution in [-0.2, 0) is 24.0 Å². The summed E-state index contributed by atoms with van der Waals surface area (Å²) in [5.41, 5.74) is -3.85. The Morgan fingerprint density at radius 3 is 1.46 bits per heavy atom. The lowest BCUT2D eigenvalue weighted by Crippen LogP contribution is -2.63. The van der Waals surface area contributed by atoms with Crippen LogP contribution in [0.3, 0.4) is 0 Å². The van der Waals surface area contributed by atoms with Gasteiger partial charge in [0.1, 0.15) is 6.10 Å². The molecule has 10 nitrogen and oxygen atoms in total. The number of hydroxylamine groups is 4. The van der Waals surface area contributed by atoms with Gasteiger partial charge in [-0.2, -0.15) is 10.1 Å². The zero-order chi connectivity index (χ0) is 31.8. The third-order valence-corrected chi connectivity index (χ3v) is 8.09. The molecular formula is C31H58N2O8. The lowest BCUT2D eigenvalue weighted by Gasteiger charge is -2.55. The average Bonchev–Trinajstić information content (AvgIpc) is 2.68. The van der Waals surface area contributed by atoms with Crippen LogP contribution in [0.4, 0.5) is 0 Å². The summed E-state index contributed by atoms with van der Waals surface area (Å²) in [7, 11) is 0. The SMILES string of the molecule is CC(C)(O)CON1C(C)(C)CC(OC(=O)C(CCC(=O)O)C2CC(C)(C)N(OCC(C)(C)O)C(C)(C)C2)CC1(C)C. The van der Waals surface area contributed by atoms with Crippen LogP contribution in [0, 0.1) is 11.8 Å². The predicted octanol–water partition coefficient (Wildman–Crippen LogP) is 4.71. The van der Waals surface area contributed by atoms with Crippen LogP contribution in [0.15, 0.2) is 0 Å². The van der Waals surface area contributed by atoms with Gasteiger partial charge in [-0.3, -0.25) is 19.3 Å². The lowest BCUT2D eigenvalue weighted by atomic mass is 9.69. The topological polar surface area (TPSA) is 129 Å². The normalized spacial score (nSPS) is 24.6. The molecular weight excluding hydrogens is 528 g/mol. The van der Waals surface area contributed by atoms with Crippen LogP contribution in [0.5, 0.6) is 0 Å². The first-order valence-corrected chi connectivity index (χ1v) is 15.0. The molecule has 1 atom stereocenters. The minimum atomic E-state index is -0.993. The van der Waals surface area contributed by atoms with Crippen LogP contribution in [0.25, 0.3) is 0 Å². The van der Waals surface area contributed by atoms with Crippen LogP contribution >= 0.6 is 0 Å². The number of aliphatic carboxylic acids is 1. The van der Waals surface area contributed by atoms with E-state index in [1.54, 1.807) is 27.7 Å². The molecule has 1 unspecified atom stereocenters. The highest BCUT2D eigenvalue weighted by Gasteiger charge is 2.52. The number of nitrogens with zero attached hydrogens (tertiary/aromatic N) is 2. The van der Waals surface area contributed by atoms with Crippen molar-refractivity contribution in [2.45, 2.75) is 161 Å². The largest absolute Gasteiger partial charge is 0.481 e. The summed E-state index contributed by atoms with van der Waals surface area (Å²) < 4.78 is 6.22. The highest BCUT2D eigenvalue weighted by Crippen LogP contribution is 2.46. The molecule has 0 amide bonds. The minimum absolute atomic E-state index is 0.106. The third kappa shape index (κ3) is 10.1. The second kappa shape index (κ2) is 12.4. The number of hydrogen-bond acceptors (Lipinski definition) is 9. The number of carbonyl (C=O) groups is 2. The molecule has 0 aromatic rings. The van der Waals surface area contributed by atoms with Crippen molar-refractivity contribution in [1.29, 1.82) is 0 Å². The first-order valence-electron chi connectivity index (χ1n) is 15.0. The smallest absolute Gasteiger partial charge is 0.309 e. The van der Waals surface area contributed by atoms with Gasteiger partial charge in [0.25, 0.3) is 0 Å². The van der Waals surface area contributed by atoms with Crippen molar-refractivity contribution in [2.24, 2.45) is 11.8 Å². The first-order chi connectivity index (χ1) is 18.3. The molecule has 2 saturated heterocycles. The fourth-order valence-corrected chi connectivity index (χ4v) is 7.10. The van der Waals surface area contributed by atoms with Gasteiger partial charge in [-0.05, 0) is 108 Å². The van der Waals surface area contributed by atoms with Crippen LogP contribution in [0.2, 0.25) is 0 Å². The van der Waals surface area contributed by atoms with E-state index in [0.29, 0.717) is 25.7 Å². The number of hydrogen-bond donors (Lipinski definition) is 3. The van der Waals surface area contributed by atoms with E-state index in [2.05, 4.69) is 27.7 Å². The molecule has 2 fully saturated rings. The summed E-state index contributed by atoms with van der Waals surface area (Å²) in [6.45, 7) is 23.4. The number of piperidine rings is 2. The van der Waals surface area contributed by atoms with Crippen molar-refractivity contribution in [2.75, 3.05) is 13.2 Å². The second-order valence-electron chi connectivity index (χ2n) is 16.2. The fraction of sp³-hybridized carbons (Fsp3) is 0.935. The summed E-state index contributed by atoms with van der Waals surface area (Å²) in [6, 6.07) is 0. The second-order valence-corrected chi connectivity index (χ2v) is 16.2. The third-order valence-electron chi connectivity index (χ3n) is 8.09. The Bertz CT molecular complexity index is 880. The van der Waals surface area contributed by atoms with Crippen molar-refractivity contribution in [1.82, 2.24) is 10.1 Å². The quantitative estimate of drug-likeness (QED) is 0.277. The molecule has 2 aliphatic heterocycles. The molecule has 240 valence electrons. The monoisotopic (exact) mass is 586 g/mol. The maximum Gasteiger partial charge on any atom is 0.309 e. The summed E-state index contributed by atoms with van der Waals surface area (Å²) in [6.07, 6.45) is 2.04. The molecule has 0 aromatic heterocycles. The minimum Gasteiger partial charge on any atom is -0.481 e. The Hall–Kier alpha value is -1.30. The van der Waals surface area contributed by atoms with Crippen molar-refractivity contribution in [3.8, 4) is 0 Å². The van der Waals surface area contributed by atoms with E-state index < -0.39 is 45.2 Å². The van der Waals surface area contributed by atoms with Crippen LogP contribution in [0.1, 0.15) is 122 Å². The number of carbonyl (C=O) groups excluding carboxylic acids is 1. The summed E-state index contributed by atoms with van der Waals surface area (Å²) in [5.74, 6) is -1.97. The average molecular weight is 587 g/mol. The molecule has 2 heterocycles. The van der Waals surface area contributed by atoms with Crippen LogP contribution < -0.4 is 0 Å². The summed E-state index contributed by atoms with van der Waals surface area (Å²) in [5, 5.41) is 33.8. The molecule has 3 N–H and O–H groups in total. The maximum absolute atomic E-state index is 13.9. The van der Waals surface area contributed by atoms with E-state index in [4.69, 9.17) is 14.4 Å². The highest BCUT2D eigenvalue weighted by atomic mass is 16.7. The maximum atomic E-state index is 13.9. The first kappa shape index (κ1) is 35.9. The fourth-order valence-electron chi connectivity index (χ4n) is 7.10. The van der Waals surface area contributed by atoms with Gasteiger partial charge in [0, 0.05) is 41.4 Å². The van der Waals surface area contributed by atoms with E-state index in [1.165, 1.54) is 0 Å². The highest BCUT2D eigenvalue weighted by molar-refractivity contribution is 5.74. The van der Waals surface area contributed by atoms with Crippen molar-refractivity contribution in [3.63, 3.8) is 0 Å². The van der Waals surface area contributed by atoms with Gasteiger partial charge in [-0.25, -0.2) is 0 Å². The van der Waals surface area contributed by atoms with Crippen LogP contribution in [-0.4, -0.2) is 90.1 Å². The molecule has 2 rings (SSSR count). The van der Waals surface area contributed by atoms with Gasteiger partial charge in [0.15, 0.2) is 0 Å². The molecule has 0 spiro atoms. The van der Waals surface area contributed by atoms with Gasteiger partial charge >= 0.3 is 11.9 Å². The van der Waals surface area contributed by atoms with Gasteiger partial charge < -0.3 is 20.1 Å². The zero-order valence-corrected chi connectivity index (χ0v) is 27.7. The van der Waals surface area contributed by atoms with Gasteiger partial charge in [0.2, 0.25) is 0 Å². The molecule has 2 aliphatic rings. The molecule has 41 heavy (non-hydrogen) atoms. The number of rotatable bonds is 12. The number of carboxylic acid groups (broad SMARTS) is 1. The van der Waals surface area contributed by atoms with E-state index in [-0.39, 0.29) is 44.0 Å². The molecule has 0 bridgehead atoms. The molecule has 0 saturated carbocycles. The van der Waals surface area contributed by atoms with E-state index >= 15 is 0 Å². The Morgan fingerprint density at radius 1 is 0.756 bits per heavy atom. The number of carboxylic acids is 1. The number of aliphatic hydroxyl groups is 2. The standard InChI is InChI=1S/C31H58N2O8/c1-26(2)15-21(16-27(3,4)32(26)39-19-30(9,10)37)23(13-14-24(34)35)25(36)41-22-17-28(5,6)33(29(7,8)18-22)40-20-31(11,12)38/h21-23,37-38H,13-20H2,1-12H3,(H,34,35). The lowest BCUT2D eigenvalue weighted by molar-refractivity contribution is -0.308. The molecule has 10 heteroatoms. The number of esters is 1. The molecule has 0 aromatic carbocycles. The summed E-state index contributed by atoms with van der Waals surface area (Å²) in [4.78, 5) is 37.7. The van der Waals surface area contributed by atoms with E-state index in [9.17, 15) is 24.9 Å². The Kier molecular flexibility index (Phi) is 10.8. The predicted molar refractivity (Wildman–Crippen MR) is 157 cm³/mol.